The van der Waals surface area contributed by atoms with Crippen LogP contribution < -0.4 is 0 Å². The van der Waals surface area contributed by atoms with Gasteiger partial charge in [0.15, 0.2) is 9.95 Å². The van der Waals surface area contributed by atoms with Crippen molar-refractivity contribution in [3.8, 4) is 0 Å². The van der Waals surface area contributed by atoms with Gasteiger partial charge in [-0.1, -0.05) is 0 Å². The largest absolute Gasteiger partial charge is 0.759 e. The number of hydrogen-bond donors (Lipinski definition) is 2. The van der Waals surface area contributed by atoms with Crippen LogP contribution >= 0.6 is 0 Å². The summed E-state index contributed by atoms with van der Waals surface area (Å²) in [6.45, 7) is 0.0391. The van der Waals surface area contributed by atoms with E-state index in [9.17, 15) is 0 Å². The lowest BCUT2D eigenvalue weighted by Crippen LogP contribution is -1.91. The van der Waals surface area contributed by atoms with Crippen molar-refractivity contribution in [3.05, 3.63) is 69.6 Å². The van der Waals surface area contributed by atoms with Gasteiger partial charge in [0, 0.05) is 34.7 Å². The fourth-order valence-corrected chi connectivity index (χ4v) is 1.34. The van der Waals surface area contributed by atoms with E-state index in [1.54, 1.807) is 48.5 Å². The number of benzene rings is 2. The third kappa shape index (κ3) is 12.2. The molecule has 0 spiro atoms. The normalized spacial score (nSPS) is 9.36. The quantitative estimate of drug-likeness (QED) is 0.460. The Kier molecular flexibility index (Phi) is 10.2. The van der Waals surface area contributed by atoms with E-state index in [4.69, 9.17) is 38.5 Å². The first-order valence-electron chi connectivity index (χ1n) is 6.50. The first-order valence-corrected chi connectivity index (χ1v) is 7.83. The van der Waals surface area contributed by atoms with Gasteiger partial charge in [-0.15, -0.1) is 0 Å². The summed E-state index contributed by atoms with van der Waals surface area (Å²) < 4.78 is 34.1. The second kappa shape index (κ2) is 11.6. The second-order valence-corrected chi connectivity index (χ2v) is 5.07. The van der Waals surface area contributed by atoms with Gasteiger partial charge in [-0.3, -0.25) is 8.42 Å². The van der Waals surface area contributed by atoms with Crippen molar-refractivity contribution in [3.63, 3.8) is 0 Å². The monoisotopic (exact) mass is 366 g/mol. The summed E-state index contributed by atoms with van der Waals surface area (Å²) in [6.07, 6.45) is 0. The third-order valence-corrected chi connectivity index (χ3v) is 2.47. The van der Waals surface area contributed by atoms with Crippen LogP contribution in [0.4, 0.5) is 11.4 Å². The molecule has 2 rings (SSSR count). The van der Waals surface area contributed by atoms with Crippen LogP contribution in [0.3, 0.4) is 0 Å². The fraction of sp³-hybridized carbons (Fsp3) is 0.143. The van der Waals surface area contributed by atoms with Gasteiger partial charge in [0.2, 0.25) is 10.8 Å². The highest BCUT2D eigenvalue weighted by molar-refractivity contribution is 7.79. The lowest BCUT2D eigenvalue weighted by atomic mass is 10.2. The summed E-state index contributed by atoms with van der Waals surface area (Å²) in [7, 11) is -5.17. The molecule has 0 atom stereocenters. The molecule has 0 aromatic heterocycles. The Morgan fingerprint density at radius 3 is 1.16 bits per heavy atom. The summed E-state index contributed by atoms with van der Waals surface area (Å²) >= 11 is 0. The lowest BCUT2D eigenvalue weighted by molar-refractivity contribution is 0.281. The zero-order chi connectivity index (χ0) is 19.3. The van der Waals surface area contributed by atoms with Gasteiger partial charge >= 0.3 is 11.4 Å². The predicted octanol–water partition coefficient (Wildman–Crippen LogP) is 1.99. The molecule has 0 aliphatic rings. The molecule has 0 radical (unpaired) electrons. The summed E-state index contributed by atoms with van der Waals surface area (Å²) in [6, 6.07) is 13.3. The average Bonchev–Trinajstić information content (AvgIpc) is 2.61. The van der Waals surface area contributed by atoms with Crippen molar-refractivity contribution >= 4 is 21.8 Å². The van der Waals surface area contributed by atoms with E-state index in [0.717, 1.165) is 11.1 Å². The number of aliphatic hydroxyl groups excluding tert-OH is 2. The van der Waals surface area contributed by atoms with Crippen molar-refractivity contribution in [2.45, 2.75) is 13.2 Å². The van der Waals surface area contributed by atoms with Gasteiger partial charge in [-0.25, -0.2) is 0 Å². The van der Waals surface area contributed by atoms with Gasteiger partial charge < -0.3 is 19.3 Å². The molecule has 0 fully saturated rings. The SMILES string of the molecule is N#[N+]c1ccc(CO)cc1.N#[N+]c1ccc(CO)cc1.O=S(=O)([O-])[O-]. The van der Waals surface area contributed by atoms with Crippen LogP contribution in [0, 0.1) is 10.8 Å². The summed E-state index contributed by atoms with van der Waals surface area (Å²) in [5.74, 6) is 0. The highest BCUT2D eigenvalue weighted by Crippen LogP contribution is 2.12. The number of rotatable bonds is 2. The Labute approximate surface area is 143 Å². The Morgan fingerprint density at radius 1 is 0.760 bits per heavy atom. The number of diazo groups is 2. The maximum Gasteiger partial charge on any atom is 0.385 e. The summed E-state index contributed by atoms with van der Waals surface area (Å²) in [4.78, 5) is 5.93. The minimum Gasteiger partial charge on any atom is -0.759 e. The lowest BCUT2D eigenvalue weighted by Gasteiger charge is -2.06. The van der Waals surface area contributed by atoms with Crippen molar-refractivity contribution in [1.82, 2.24) is 0 Å². The molecule has 2 aromatic rings. The van der Waals surface area contributed by atoms with Gasteiger partial charge in [-0.05, 0) is 35.4 Å². The topological polar surface area (TPSA) is 177 Å². The average molecular weight is 366 g/mol. The molecule has 0 heterocycles. The van der Waals surface area contributed by atoms with Crippen LogP contribution in [-0.4, -0.2) is 27.7 Å². The Balaban J connectivity index is 0.000000368. The molecule has 0 saturated heterocycles. The summed E-state index contributed by atoms with van der Waals surface area (Å²) in [5.41, 5.74) is 2.62. The second-order valence-electron chi connectivity index (χ2n) is 4.26. The molecule has 11 heteroatoms. The van der Waals surface area contributed by atoms with Gasteiger partial charge in [0.05, 0.1) is 13.2 Å². The molecular formula is C14H14N4O6S. The molecule has 2 aromatic carbocycles. The molecule has 0 saturated carbocycles. The zero-order valence-corrected chi connectivity index (χ0v) is 13.6. The van der Waals surface area contributed by atoms with E-state index in [1.165, 1.54) is 0 Å². The molecule has 0 aliphatic carbocycles. The molecule has 2 N–H and O–H groups in total. The van der Waals surface area contributed by atoms with Crippen LogP contribution in [0.1, 0.15) is 11.1 Å². The van der Waals surface area contributed by atoms with Crippen LogP contribution in [0.5, 0.6) is 0 Å². The molecule has 0 bridgehead atoms. The first kappa shape index (κ1) is 22.1. The Hall–Kier alpha value is -2.93. The minimum atomic E-state index is -5.17. The maximum atomic E-state index is 8.61. The summed E-state index contributed by atoms with van der Waals surface area (Å²) in [5, 5.41) is 33.7. The van der Waals surface area contributed by atoms with Gasteiger partial charge in [0.25, 0.3) is 0 Å². The van der Waals surface area contributed by atoms with Crippen LogP contribution in [-0.2, 0) is 23.6 Å². The number of aliphatic hydroxyl groups is 2. The van der Waals surface area contributed by atoms with Crippen molar-refractivity contribution in [2.75, 3.05) is 0 Å². The van der Waals surface area contributed by atoms with E-state index in [1.807, 2.05) is 0 Å². The van der Waals surface area contributed by atoms with Crippen molar-refractivity contribution in [1.29, 1.82) is 10.8 Å². The number of nitrogens with zero attached hydrogens (tertiary/aromatic N) is 4. The molecular weight excluding hydrogens is 352 g/mol. The van der Waals surface area contributed by atoms with Crippen LogP contribution in [0.15, 0.2) is 48.5 Å². The van der Waals surface area contributed by atoms with E-state index < -0.39 is 10.4 Å². The fourth-order valence-electron chi connectivity index (χ4n) is 1.34. The smallest absolute Gasteiger partial charge is 0.385 e. The van der Waals surface area contributed by atoms with Crippen molar-refractivity contribution < 1.29 is 27.7 Å². The zero-order valence-electron chi connectivity index (χ0n) is 12.8. The molecule has 0 unspecified atom stereocenters. The molecule has 132 valence electrons. The molecule has 0 amide bonds. The standard InChI is InChI=1S/2C7H7N2O.H2O4S/c2*8-9-7-3-1-6(5-10)2-4-7;1-5(2,3)4/h2*1-4,10H,5H2;(H2,1,2,3,4)/q2*+1;/p-2. The molecule has 25 heavy (non-hydrogen) atoms. The number of hydrogen-bond acceptors (Lipinski definition) is 8. The van der Waals surface area contributed by atoms with E-state index in [-0.39, 0.29) is 13.2 Å². The Bertz CT molecular complexity index is 758. The first-order chi connectivity index (χ1) is 11.7. The predicted molar refractivity (Wildman–Crippen MR) is 84.7 cm³/mol. The minimum absolute atomic E-state index is 0.0196. The molecule has 0 aliphatic heterocycles. The van der Waals surface area contributed by atoms with E-state index in [2.05, 4.69) is 9.95 Å². The van der Waals surface area contributed by atoms with E-state index in [0.29, 0.717) is 11.4 Å². The maximum absolute atomic E-state index is 8.61. The highest BCUT2D eigenvalue weighted by atomic mass is 32.3. The Morgan fingerprint density at radius 2 is 1.00 bits per heavy atom. The molecule has 10 nitrogen and oxygen atoms in total. The van der Waals surface area contributed by atoms with E-state index >= 15 is 0 Å². The van der Waals surface area contributed by atoms with Crippen molar-refractivity contribution in [2.24, 2.45) is 0 Å². The van der Waals surface area contributed by atoms with Gasteiger partial charge in [-0.2, -0.15) is 0 Å². The van der Waals surface area contributed by atoms with Gasteiger partial charge in [0.1, 0.15) is 0 Å². The van der Waals surface area contributed by atoms with Crippen LogP contribution in [0.2, 0.25) is 0 Å². The third-order valence-electron chi connectivity index (χ3n) is 2.47. The highest BCUT2D eigenvalue weighted by Gasteiger charge is 2.01. The van der Waals surface area contributed by atoms with Crippen LogP contribution in [0.25, 0.3) is 9.95 Å².